The highest BCUT2D eigenvalue weighted by Crippen LogP contribution is 2.22. The summed E-state index contributed by atoms with van der Waals surface area (Å²) >= 11 is 5.85. The second kappa shape index (κ2) is 26.3. The van der Waals surface area contributed by atoms with Crippen LogP contribution in [0.5, 0.6) is 17.2 Å². The molecule has 5 aromatic carbocycles. The van der Waals surface area contributed by atoms with E-state index in [9.17, 15) is 8.42 Å². The summed E-state index contributed by atoms with van der Waals surface area (Å²) in [4.78, 5) is 8.96. The van der Waals surface area contributed by atoms with Crippen molar-refractivity contribution < 1.29 is 27.2 Å². The molecule has 11 nitrogen and oxygen atoms in total. The van der Waals surface area contributed by atoms with Gasteiger partial charge in [-0.3, -0.25) is 14.2 Å². The molecule has 13 heteroatoms. The second-order valence-corrected chi connectivity index (χ2v) is 15.1. The van der Waals surface area contributed by atoms with Gasteiger partial charge in [0.2, 0.25) is 0 Å². The van der Waals surface area contributed by atoms with Crippen LogP contribution in [0.15, 0.2) is 133 Å². The Hall–Kier alpha value is -6.96. The van der Waals surface area contributed by atoms with Crippen molar-refractivity contribution >= 4 is 60.6 Å². The first kappa shape index (κ1) is 49.4. The molecule has 0 aliphatic rings. The second-order valence-electron chi connectivity index (χ2n) is 13.1. The number of rotatable bonds is 8. The number of fused-ring (bicyclic) bond motifs is 2. The minimum Gasteiger partial charge on any atom is -0.508 e. The van der Waals surface area contributed by atoms with Gasteiger partial charge in [0.15, 0.2) is 0 Å². The number of aryl methyl sites for hydroxylation is 2. The first-order valence-electron chi connectivity index (χ1n) is 19.1. The Balaban J connectivity index is 0.000000216. The fourth-order valence-corrected chi connectivity index (χ4v) is 5.68. The zero-order chi connectivity index (χ0) is 45.3. The average Bonchev–Trinajstić information content (AvgIpc) is 3.25. The largest absolute Gasteiger partial charge is 0.508 e. The van der Waals surface area contributed by atoms with E-state index in [0.29, 0.717) is 24.8 Å². The molecular weight excluding hydrogens is 822 g/mol. The van der Waals surface area contributed by atoms with Crippen molar-refractivity contribution in [3.05, 3.63) is 156 Å². The van der Waals surface area contributed by atoms with Crippen molar-refractivity contribution in [2.24, 2.45) is 0 Å². The monoisotopic (exact) mass is 873 g/mol. The van der Waals surface area contributed by atoms with E-state index < -0.39 is 10.1 Å². The number of nitrogens with two attached hydrogens (primary N) is 3. The molecule has 0 aliphatic heterocycles. The zero-order valence-corrected chi connectivity index (χ0v) is 37.0. The van der Waals surface area contributed by atoms with Crippen molar-refractivity contribution in [1.82, 2.24) is 9.97 Å². The van der Waals surface area contributed by atoms with Crippen LogP contribution in [0.1, 0.15) is 36.4 Å². The predicted molar refractivity (Wildman–Crippen MR) is 254 cm³/mol. The maximum atomic E-state index is 10.2. The number of hydrogen-bond acceptors (Lipinski definition) is 11. The van der Waals surface area contributed by atoms with E-state index in [1.807, 2.05) is 92.7 Å². The van der Waals surface area contributed by atoms with Gasteiger partial charge in [-0.25, -0.2) is 0 Å². The van der Waals surface area contributed by atoms with Crippen LogP contribution in [0.3, 0.4) is 0 Å². The lowest BCUT2D eigenvalue weighted by molar-refractivity contribution is 0.307. The van der Waals surface area contributed by atoms with Gasteiger partial charge in [-0.15, -0.1) is 23.4 Å². The maximum Gasteiger partial charge on any atom is 0.265 e. The summed E-state index contributed by atoms with van der Waals surface area (Å²) < 4.78 is 35.8. The lowest BCUT2D eigenvalue weighted by Gasteiger charge is -2.10. The molecule has 0 atom stereocenters. The van der Waals surface area contributed by atoms with E-state index in [1.165, 1.54) is 0 Å². The molecule has 7 N–H and O–H groups in total. The summed E-state index contributed by atoms with van der Waals surface area (Å²) in [6.45, 7) is 8.29. The number of nitrogens with zero attached hydrogens (tertiary/aromatic N) is 2. The summed E-state index contributed by atoms with van der Waals surface area (Å²) in [6, 6.07) is 41.4. The number of phenolic OH excluding ortho intramolecular Hbond substituents is 1. The number of aromatic hydroxyl groups is 1. The summed E-state index contributed by atoms with van der Waals surface area (Å²) in [5, 5.41) is 11.0. The third kappa shape index (κ3) is 19.0. The molecular formula is C49H52ClN5O6S. The molecule has 0 unspecified atom stereocenters. The van der Waals surface area contributed by atoms with Gasteiger partial charge in [0.05, 0.1) is 17.3 Å². The zero-order valence-electron chi connectivity index (χ0n) is 35.4. The van der Waals surface area contributed by atoms with Crippen LogP contribution in [-0.4, -0.2) is 43.0 Å². The summed E-state index contributed by atoms with van der Waals surface area (Å²) in [5.74, 6) is 12.9. The Bertz CT molecular complexity index is 2670. The minimum absolute atomic E-state index is 0.0463. The number of alkyl halides is 1. The van der Waals surface area contributed by atoms with Gasteiger partial charge in [0, 0.05) is 50.7 Å². The first-order valence-corrected chi connectivity index (χ1v) is 21.5. The molecule has 0 saturated heterocycles. The smallest absolute Gasteiger partial charge is 0.265 e. The van der Waals surface area contributed by atoms with Crippen LogP contribution in [-0.2, 0) is 26.8 Å². The van der Waals surface area contributed by atoms with Crippen molar-refractivity contribution in [3.63, 3.8) is 0 Å². The molecule has 2 heterocycles. The first-order chi connectivity index (χ1) is 29.7. The predicted octanol–water partition coefficient (Wildman–Crippen LogP) is 9.62. The molecule has 0 radical (unpaired) electrons. The lowest BCUT2D eigenvalue weighted by atomic mass is 10.1. The number of aromatic nitrogens is 2. The number of ether oxygens (including phenoxy) is 2. The standard InChI is InChI=1S/C17H16N2O.C11H10ClN.C10H11NO.C6H7NO.C5H8O3S/c1-12-10-13(16-4-2-3-5-17(16)19-12)11-20-15-8-6-14(18)7-9-15;1-8-6-9(7-12)10-4-2-3-5-11(10)13-8;1-2-3-8-12-10-6-4-9(11)5-7-10;7-5-1-3-6(8)4-2-5;1-3-4-5-8-9(2,6)7/h2-10H,11,18H2,1H3;2-6H,7H2,1H3;4-7H,8,11H2,1H3;1-4,8H,7H2;5H2,1-2H3. The summed E-state index contributed by atoms with van der Waals surface area (Å²) in [5.41, 5.74) is 25.0. The average molecular weight is 875 g/mol. The Morgan fingerprint density at radius 2 is 1.03 bits per heavy atom. The molecule has 7 rings (SSSR count). The van der Waals surface area contributed by atoms with Crippen LogP contribution < -0.4 is 26.7 Å². The SMILES string of the molecule is CC#CCOS(C)(=O)=O.CC#CCOc1ccc(N)cc1.Cc1cc(CCl)c2ccccc2n1.Cc1cc(COc2ccc(N)cc2)c2ccccc2n1.Nc1ccc(O)cc1. The van der Waals surface area contributed by atoms with Crippen LogP contribution in [0, 0.1) is 37.5 Å². The summed E-state index contributed by atoms with van der Waals surface area (Å²) in [7, 11) is -3.30. The van der Waals surface area contributed by atoms with E-state index in [-0.39, 0.29) is 12.4 Å². The van der Waals surface area contributed by atoms with Crippen molar-refractivity contribution in [2.75, 3.05) is 36.7 Å². The molecule has 0 bridgehead atoms. The van der Waals surface area contributed by atoms with Gasteiger partial charge >= 0.3 is 0 Å². The number of benzene rings is 5. The van der Waals surface area contributed by atoms with E-state index in [1.54, 1.807) is 50.2 Å². The molecule has 322 valence electrons. The third-order valence-electron chi connectivity index (χ3n) is 8.06. The van der Waals surface area contributed by atoms with E-state index >= 15 is 0 Å². The number of pyridine rings is 2. The van der Waals surface area contributed by atoms with Crippen LogP contribution in [0.2, 0.25) is 0 Å². The van der Waals surface area contributed by atoms with E-state index in [2.05, 4.69) is 56.0 Å². The molecule has 0 aliphatic carbocycles. The number of hydrogen-bond donors (Lipinski definition) is 4. The molecule has 62 heavy (non-hydrogen) atoms. The molecule has 0 spiro atoms. The quantitative estimate of drug-likeness (QED) is 0.0375. The van der Waals surface area contributed by atoms with Crippen molar-refractivity contribution in [3.8, 4) is 40.9 Å². The lowest BCUT2D eigenvalue weighted by Crippen LogP contribution is -2.01. The number of anilines is 3. The summed E-state index contributed by atoms with van der Waals surface area (Å²) in [6.07, 6.45) is 0.990. The Kier molecular flexibility index (Phi) is 21.0. The van der Waals surface area contributed by atoms with Gasteiger partial charge < -0.3 is 31.8 Å². The Morgan fingerprint density at radius 3 is 1.48 bits per heavy atom. The molecule has 0 amide bonds. The van der Waals surface area contributed by atoms with E-state index in [4.69, 9.17) is 43.4 Å². The molecule has 0 fully saturated rings. The highest BCUT2D eigenvalue weighted by Gasteiger charge is 2.05. The van der Waals surface area contributed by atoms with Gasteiger partial charge in [0.1, 0.15) is 37.1 Å². The number of nitrogen functional groups attached to an aromatic ring is 3. The minimum atomic E-state index is -3.30. The van der Waals surface area contributed by atoms with Crippen molar-refractivity contribution in [2.45, 2.75) is 40.2 Å². The van der Waals surface area contributed by atoms with Gasteiger partial charge in [-0.1, -0.05) is 48.2 Å². The molecule has 7 aromatic rings. The number of phenols is 1. The fourth-order valence-electron chi connectivity index (χ4n) is 5.18. The van der Waals surface area contributed by atoms with Gasteiger partial charge in [0.25, 0.3) is 10.1 Å². The van der Waals surface area contributed by atoms with Crippen LogP contribution in [0.25, 0.3) is 21.8 Å². The highest BCUT2D eigenvalue weighted by molar-refractivity contribution is 7.86. The van der Waals surface area contributed by atoms with Gasteiger partial charge in [-0.2, -0.15) is 8.42 Å². The van der Waals surface area contributed by atoms with Crippen LogP contribution in [0.4, 0.5) is 17.1 Å². The number of para-hydroxylation sites is 2. The number of halogens is 1. The third-order valence-corrected chi connectivity index (χ3v) is 8.90. The van der Waals surface area contributed by atoms with Crippen LogP contribution >= 0.6 is 11.6 Å². The van der Waals surface area contributed by atoms with Crippen molar-refractivity contribution in [1.29, 1.82) is 0 Å². The van der Waals surface area contributed by atoms with Gasteiger partial charge in [-0.05, 0) is 130 Å². The maximum absolute atomic E-state index is 10.2. The van der Waals surface area contributed by atoms with E-state index in [0.717, 1.165) is 73.5 Å². The highest BCUT2D eigenvalue weighted by atomic mass is 35.5. The molecule has 2 aromatic heterocycles. The molecule has 0 saturated carbocycles. The topological polar surface area (TPSA) is 186 Å². The normalized spacial score (nSPS) is 9.90. The Labute approximate surface area is 370 Å². The Morgan fingerprint density at radius 1 is 0.613 bits per heavy atom. The fraction of sp³-hybridized carbons (Fsp3) is 0.184.